The molecule has 1 unspecified atom stereocenters. The van der Waals surface area contributed by atoms with Crippen LogP contribution in [-0.4, -0.2) is 12.1 Å². The zero-order chi connectivity index (χ0) is 19.5. The Labute approximate surface area is 162 Å². The second-order valence-corrected chi connectivity index (χ2v) is 6.96. The summed E-state index contributed by atoms with van der Waals surface area (Å²) < 4.78 is 19.0. The molecule has 0 bridgehead atoms. The van der Waals surface area contributed by atoms with Crippen LogP contribution in [0.4, 0.5) is 4.39 Å². The van der Waals surface area contributed by atoms with E-state index in [0.717, 1.165) is 22.4 Å². The number of benzene rings is 3. The standard InChI is InChI=1S/C24H19FO3/c25-19-10-6-18(7-11-19)23-22(21(14-26)24(23)27)17-8-12-20(13-9-17)28-15-16-4-2-1-3-5-16/h1-14,21-23H,15H2/t21-,22-,23?/m1/s1. The first kappa shape index (κ1) is 18.1. The van der Waals surface area contributed by atoms with Crippen LogP contribution in [0.25, 0.3) is 0 Å². The number of Topliss-reactive ketones (excluding diaryl/α,β-unsaturated/α-hetero) is 1. The number of hydrogen-bond donors (Lipinski definition) is 0. The zero-order valence-corrected chi connectivity index (χ0v) is 15.1. The van der Waals surface area contributed by atoms with Gasteiger partial charge in [0.1, 0.15) is 24.5 Å². The number of aldehydes is 1. The maximum absolute atomic E-state index is 13.2. The quantitative estimate of drug-likeness (QED) is 0.465. The molecule has 0 spiro atoms. The van der Waals surface area contributed by atoms with E-state index in [1.54, 1.807) is 12.1 Å². The molecule has 4 rings (SSSR count). The van der Waals surface area contributed by atoms with E-state index >= 15 is 0 Å². The lowest BCUT2D eigenvalue weighted by atomic mass is 9.59. The summed E-state index contributed by atoms with van der Waals surface area (Å²) in [5.74, 6) is -1.06. The molecule has 140 valence electrons. The maximum Gasteiger partial charge on any atom is 0.151 e. The van der Waals surface area contributed by atoms with Crippen molar-refractivity contribution >= 4 is 12.1 Å². The predicted molar refractivity (Wildman–Crippen MR) is 104 cm³/mol. The molecule has 1 fully saturated rings. The van der Waals surface area contributed by atoms with Gasteiger partial charge in [-0.25, -0.2) is 4.39 Å². The highest BCUT2D eigenvalue weighted by atomic mass is 19.1. The van der Waals surface area contributed by atoms with Crippen molar-refractivity contribution in [1.29, 1.82) is 0 Å². The third kappa shape index (κ3) is 3.46. The lowest BCUT2D eigenvalue weighted by Gasteiger charge is -2.41. The molecule has 3 atom stereocenters. The number of ether oxygens (including phenoxy) is 1. The van der Waals surface area contributed by atoms with Gasteiger partial charge in [-0.2, -0.15) is 0 Å². The Morgan fingerprint density at radius 2 is 1.50 bits per heavy atom. The zero-order valence-electron chi connectivity index (χ0n) is 15.1. The molecule has 0 radical (unpaired) electrons. The fourth-order valence-corrected chi connectivity index (χ4v) is 3.77. The minimum Gasteiger partial charge on any atom is -0.489 e. The molecule has 0 N–H and O–H groups in total. The van der Waals surface area contributed by atoms with Crippen LogP contribution in [0, 0.1) is 11.7 Å². The molecular weight excluding hydrogens is 355 g/mol. The molecule has 1 aliphatic rings. The van der Waals surface area contributed by atoms with E-state index in [9.17, 15) is 14.0 Å². The number of rotatable bonds is 6. The topological polar surface area (TPSA) is 43.4 Å². The predicted octanol–water partition coefficient (Wildman–Crippen LogP) is 4.67. The summed E-state index contributed by atoms with van der Waals surface area (Å²) in [4.78, 5) is 23.9. The molecule has 0 heterocycles. The summed E-state index contributed by atoms with van der Waals surface area (Å²) in [5.41, 5.74) is 2.71. The maximum atomic E-state index is 13.2. The van der Waals surface area contributed by atoms with E-state index in [2.05, 4.69) is 0 Å². The van der Waals surface area contributed by atoms with E-state index in [-0.39, 0.29) is 17.5 Å². The van der Waals surface area contributed by atoms with Gasteiger partial charge in [0, 0.05) is 5.92 Å². The van der Waals surface area contributed by atoms with Gasteiger partial charge < -0.3 is 9.53 Å². The van der Waals surface area contributed by atoms with Gasteiger partial charge in [0.25, 0.3) is 0 Å². The molecule has 0 aromatic heterocycles. The summed E-state index contributed by atoms with van der Waals surface area (Å²) in [6.07, 6.45) is 0.715. The summed E-state index contributed by atoms with van der Waals surface area (Å²) in [7, 11) is 0. The first-order valence-corrected chi connectivity index (χ1v) is 9.18. The van der Waals surface area contributed by atoms with Crippen LogP contribution >= 0.6 is 0 Å². The van der Waals surface area contributed by atoms with Gasteiger partial charge in [-0.15, -0.1) is 0 Å². The summed E-state index contributed by atoms with van der Waals surface area (Å²) in [6, 6.07) is 23.3. The van der Waals surface area contributed by atoms with Crippen molar-refractivity contribution < 1.29 is 18.7 Å². The van der Waals surface area contributed by atoms with Crippen molar-refractivity contribution in [2.45, 2.75) is 18.4 Å². The number of halogens is 1. The Kier molecular flexibility index (Phi) is 5.02. The van der Waals surface area contributed by atoms with Gasteiger partial charge in [-0.3, -0.25) is 4.79 Å². The summed E-state index contributed by atoms with van der Waals surface area (Å²) in [6.45, 7) is 0.470. The van der Waals surface area contributed by atoms with Crippen LogP contribution in [0.1, 0.15) is 28.5 Å². The Balaban J connectivity index is 1.52. The monoisotopic (exact) mass is 374 g/mol. The van der Waals surface area contributed by atoms with Gasteiger partial charge >= 0.3 is 0 Å². The molecule has 3 aromatic rings. The van der Waals surface area contributed by atoms with Gasteiger partial charge in [0.15, 0.2) is 5.78 Å². The highest BCUT2D eigenvalue weighted by Gasteiger charge is 2.50. The first-order chi connectivity index (χ1) is 13.7. The molecule has 0 amide bonds. The molecule has 3 aromatic carbocycles. The summed E-state index contributed by atoms with van der Waals surface area (Å²) in [5, 5.41) is 0. The SMILES string of the molecule is O=C[C@H]1C(=O)C(c2ccc(F)cc2)[C@@H]1c1ccc(OCc2ccccc2)cc1. The van der Waals surface area contributed by atoms with Gasteiger partial charge in [-0.1, -0.05) is 54.6 Å². The average Bonchev–Trinajstić information content (AvgIpc) is 2.73. The highest BCUT2D eigenvalue weighted by molar-refractivity contribution is 6.05. The first-order valence-electron chi connectivity index (χ1n) is 9.18. The van der Waals surface area contributed by atoms with Crippen LogP contribution < -0.4 is 4.74 Å². The largest absolute Gasteiger partial charge is 0.489 e. The Morgan fingerprint density at radius 1 is 0.857 bits per heavy atom. The lowest BCUT2D eigenvalue weighted by molar-refractivity contribution is -0.137. The van der Waals surface area contributed by atoms with E-state index < -0.39 is 11.8 Å². The molecule has 28 heavy (non-hydrogen) atoms. The van der Waals surface area contributed by atoms with Crippen molar-refractivity contribution in [3.63, 3.8) is 0 Å². The fraction of sp³-hybridized carbons (Fsp3) is 0.167. The van der Waals surface area contributed by atoms with Crippen LogP contribution in [0.5, 0.6) is 5.75 Å². The van der Waals surface area contributed by atoms with Crippen LogP contribution in [0.3, 0.4) is 0 Å². The molecule has 0 saturated heterocycles. The summed E-state index contributed by atoms with van der Waals surface area (Å²) >= 11 is 0. The lowest BCUT2D eigenvalue weighted by Crippen LogP contribution is -2.44. The third-order valence-electron chi connectivity index (χ3n) is 5.27. The van der Waals surface area contributed by atoms with Crippen molar-refractivity contribution in [2.75, 3.05) is 0 Å². The Hall–Kier alpha value is -3.27. The van der Waals surface area contributed by atoms with Crippen LogP contribution in [0.2, 0.25) is 0 Å². The van der Waals surface area contributed by atoms with Crippen LogP contribution in [0.15, 0.2) is 78.9 Å². The minimum atomic E-state index is -0.661. The normalized spacial score (nSPS) is 21.0. The molecule has 4 heteroatoms. The third-order valence-corrected chi connectivity index (χ3v) is 5.27. The van der Waals surface area contributed by atoms with Crippen molar-refractivity contribution in [1.82, 2.24) is 0 Å². The van der Waals surface area contributed by atoms with Gasteiger partial charge in [0.2, 0.25) is 0 Å². The van der Waals surface area contributed by atoms with E-state index in [0.29, 0.717) is 12.9 Å². The van der Waals surface area contributed by atoms with Gasteiger partial charge in [0.05, 0.1) is 11.8 Å². The second kappa shape index (κ2) is 7.77. The number of carbonyl (C=O) groups is 2. The van der Waals surface area contributed by atoms with Crippen molar-refractivity contribution in [3.05, 3.63) is 101 Å². The molecule has 1 saturated carbocycles. The van der Waals surface area contributed by atoms with Crippen LogP contribution in [-0.2, 0) is 16.2 Å². The molecule has 0 aliphatic heterocycles. The number of ketones is 1. The number of carbonyl (C=O) groups excluding carboxylic acids is 2. The second-order valence-electron chi connectivity index (χ2n) is 6.96. The molecule has 1 aliphatic carbocycles. The van der Waals surface area contributed by atoms with E-state index in [4.69, 9.17) is 4.74 Å². The minimum absolute atomic E-state index is 0.115. The van der Waals surface area contributed by atoms with E-state index in [1.165, 1.54) is 12.1 Å². The van der Waals surface area contributed by atoms with Gasteiger partial charge in [-0.05, 0) is 41.0 Å². The van der Waals surface area contributed by atoms with Crippen molar-refractivity contribution in [2.24, 2.45) is 5.92 Å². The van der Waals surface area contributed by atoms with Crippen molar-refractivity contribution in [3.8, 4) is 5.75 Å². The number of hydrogen-bond acceptors (Lipinski definition) is 3. The Bertz CT molecular complexity index is 965. The fourth-order valence-electron chi connectivity index (χ4n) is 3.77. The molecule has 3 nitrogen and oxygen atoms in total. The average molecular weight is 374 g/mol. The smallest absolute Gasteiger partial charge is 0.151 e. The Morgan fingerprint density at radius 3 is 2.14 bits per heavy atom. The molecular formula is C24H19FO3. The van der Waals surface area contributed by atoms with E-state index in [1.807, 2.05) is 54.6 Å². The highest BCUT2D eigenvalue weighted by Crippen LogP contribution is 2.50.